The summed E-state index contributed by atoms with van der Waals surface area (Å²) in [6.45, 7) is 0. The van der Waals surface area contributed by atoms with Crippen molar-refractivity contribution >= 4 is 22.5 Å². The van der Waals surface area contributed by atoms with E-state index in [1.807, 2.05) is 36.4 Å². The average Bonchev–Trinajstić information content (AvgIpc) is 2.68. The van der Waals surface area contributed by atoms with Gasteiger partial charge in [-0.15, -0.1) is 0 Å². The van der Waals surface area contributed by atoms with Gasteiger partial charge >= 0.3 is 6.18 Å². The summed E-state index contributed by atoms with van der Waals surface area (Å²) in [6, 6.07) is 13.5. The van der Waals surface area contributed by atoms with Gasteiger partial charge in [0.1, 0.15) is 18.0 Å². The van der Waals surface area contributed by atoms with Gasteiger partial charge in [-0.3, -0.25) is 4.98 Å². The Morgan fingerprint density at radius 1 is 0.852 bits per heavy atom. The Labute approximate surface area is 152 Å². The third-order valence-corrected chi connectivity index (χ3v) is 3.93. The van der Waals surface area contributed by atoms with Crippen LogP contribution in [-0.4, -0.2) is 19.9 Å². The molecule has 0 radical (unpaired) electrons. The maximum Gasteiger partial charge on any atom is 0.417 e. The van der Waals surface area contributed by atoms with Crippen molar-refractivity contribution in [1.82, 2.24) is 19.9 Å². The molecule has 0 fully saturated rings. The van der Waals surface area contributed by atoms with E-state index in [0.29, 0.717) is 11.3 Å². The SMILES string of the molecule is FC(F)(F)c1ccc(Nc2ncnc3cc(-c4ccccn4)ccc23)nc1. The molecule has 4 rings (SSSR count). The minimum absolute atomic E-state index is 0.261. The van der Waals surface area contributed by atoms with Crippen LogP contribution >= 0.6 is 0 Å². The van der Waals surface area contributed by atoms with Crippen molar-refractivity contribution in [2.24, 2.45) is 0 Å². The average molecular weight is 367 g/mol. The normalized spacial score (nSPS) is 11.5. The van der Waals surface area contributed by atoms with Gasteiger partial charge in [0.25, 0.3) is 0 Å². The molecular formula is C19H12F3N5. The number of hydrogen-bond acceptors (Lipinski definition) is 5. The van der Waals surface area contributed by atoms with E-state index < -0.39 is 11.7 Å². The van der Waals surface area contributed by atoms with Crippen LogP contribution in [0.5, 0.6) is 0 Å². The lowest BCUT2D eigenvalue weighted by Gasteiger charge is -2.10. The number of hydrogen-bond donors (Lipinski definition) is 1. The fourth-order valence-electron chi connectivity index (χ4n) is 2.61. The second-order valence-electron chi connectivity index (χ2n) is 5.72. The van der Waals surface area contributed by atoms with Crippen molar-refractivity contribution in [3.63, 3.8) is 0 Å². The lowest BCUT2D eigenvalue weighted by Crippen LogP contribution is -2.06. The van der Waals surface area contributed by atoms with Crippen molar-refractivity contribution in [3.05, 3.63) is 72.8 Å². The number of alkyl halides is 3. The van der Waals surface area contributed by atoms with Crippen LogP contribution in [0.25, 0.3) is 22.2 Å². The van der Waals surface area contributed by atoms with Crippen molar-refractivity contribution in [2.45, 2.75) is 6.18 Å². The highest BCUT2D eigenvalue weighted by molar-refractivity contribution is 5.92. The number of pyridine rings is 2. The summed E-state index contributed by atoms with van der Waals surface area (Å²) >= 11 is 0. The molecule has 8 heteroatoms. The van der Waals surface area contributed by atoms with Gasteiger partial charge in [0.2, 0.25) is 0 Å². The molecule has 0 atom stereocenters. The summed E-state index contributed by atoms with van der Waals surface area (Å²) in [6.07, 6.45) is -0.542. The molecular weight excluding hydrogens is 355 g/mol. The minimum Gasteiger partial charge on any atom is -0.324 e. The van der Waals surface area contributed by atoms with Gasteiger partial charge in [-0.2, -0.15) is 13.2 Å². The van der Waals surface area contributed by atoms with Gasteiger partial charge in [0.05, 0.1) is 16.8 Å². The molecule has 4 aromatic rings. The smallest absolute Gasteiger partial charge is 0.324 e. The van der Waals surface area contributed by atoms with Crippen LogP contribution in [0.3, 0.4) is 0 Å². The maximum absolute atomic E-state index is 12.6. The molecule has 1 N–H and O–H groups in total. The summed E-state index contributed by atoms with van der Waals surface area (Å²) in [7, 11) is 0. The summed E-state index contributed by atoms with van der Waals surface area (Å²) in [5.74, 6) is 0.719. The predicted molar refractivity (Wildman–Crippen MR) is 95.3 cm³/mol. The zero-order valence-electron chi connectivity index (χ0n) is 13.8. The highest BCUT2D eigenvalue weighted by atomic mass is 19.4. The monoisotopic (exact) mass is 367 g/mol. The number of aromatic nitrogens is 4. The Kier molecular flexibility index (Phi) is 4.15. The summed E-state index contributed by atoms with van der Waals surface area (Å²) in [4.78, 5) is 16.6. The molecule has 3 heterocycles. The van der Waals surface area contributed by atoms with E-state index in [1.54, 1.807) is 6.20 Å². The topological polar surface area (TPSA) is 63.6 Å². The van der Waals surface area contributed by atoms with Crippen LogP contribution in [0.2, 0.25) is 0 Å². The van der Waals surface area contributed by atoms with Crippen molar-refractivity contribution in [1.29, 1.82) is 0 Å². The molecule has 0 aliphatic rings. The number of anilines is 2. The van der Waals surface area contributed by atoms with Crippen molar-refractivity contribution in [2.75, 3.05) is 5.32 Å². The lowest BCUT2D eigenvalue weighted by atomic mass is 10.1. The number of nitrogens with one attached hydrogen (secondary N) is 1. The Morgan fingerprint density at radius 2 is 1.74 bits per heavy atom. The number of fused-ring (bicyclic) bond motifs is 1. The predicted octanol–water partition coefficient (Wildman–Crippen LogP) is 4.85. The van der Waals surface area contributed by atoms with E-state index in [9.17, 15) is 13.2 Å². The molecule has 0 spiro atoms. The summed E-state index contributed by atoms with van der Waals surface area (Å²) < 4.78 is 37.9. The van der Waals surface area contributed by atoms with Crippen LogP contribution in [-0.2, 0) is 6.18 Å². The van der Waals surface area contributed by atoms with E-state index in [1.165, 1.54) is 12.4 Å². The van der Waals surface area contributed by atoms with E-state index in [4.69, 9.17) is 0 Å². The zero-order valence-corrected chi connectivity index (χ0v) is 13.8. The Morgan fingerprint density at radius 3 is 2.44 bits per heavy atom. The van der Waals surface area contributed by atoms with E-state index >= 15 is 0 Å². The first kappa shape index (κ1) is 16.9. The van der Waals surface area contributed by atoms with Gasteiger partial charge < -0.3 is 5.32 Å². The van der Waals surface area contributed by atoms with E-state index in [0.717, 1.165) is 28.9 Å². The van der Waals surface area contributed by atoms with Crippen LogP contribution in [0, 0.1) is 0 Å². The summed E-state index contributed by atoms with van der Waals surface area (Å²) in [5, 5.41) is 3.66. The first-order valence-corrected chi connectivity index (χ1v) is 7.97. The third kappa shape index (κ3) is 3.55. The maximum atomic E-state index is 12.6. The number of benzene rings is 1. The molecule has 0 bridgehead atoms. The van der Waals surface area contributed by atoms with Gasteiger partial charge in [-0.1, -0.05) is 12.1 Å². The number of halogens is 3. The highest BCUT2D eigenvalue weighted by Gasteiger charge is 2.30. The number of nitrogens with zero attached hydrogens (tertiary/aromatic N) is 4. The van der Waals surface area contributed by atoms with E-state index in [2.05, 4.69) is 25.3 Å². The second-order valence-corrected chi connectivity index (χ2v) is 5.72. The first-order chi connectivity index (χ1) is 13.0. The molecule has 0 unspecified atom stereocenters. The molecule has 0 aliphatic carbocycles. The molecule has 0 aliphatic heterocycles. The van der Waals surface area contributed by atoms with Gasteiger partial charge in [-0.05, 0) is 36.4 Å². The second kappa shape index (κ2) is 6.64. The first-order valence-electron chi connectivity index (χ1n) is 7.97. The quantitative estimate of drug-likeness (QED) is 0.561. The molecule has 134 valence electrons. The molecule has 3 aromatic heterocycles. The Balaban J connectivity index is 1.66. The fraction of sp³-hybridized carbons (Fsp3) is 0.0526. The Bertz CT molecular complexity index is 1080. The lowest BCUT2D eigenvalue weighted by molar-refractivity contribution is -0.137. The van der Waals surface area contributed by atoms with Gasteiger partial charge in [-0.25, -0.2) is 15.0 Å². The zero-order chi connectivity index (χ0) is 18.9. The minimum atomic E-state index is -4.42. The fourth-order valence-corrected chi connectivity index (χ4v) is 2.61. The van der Waals surface area contributed by atoms with E-state index in [-0.39, 0.29) is 5.82 Å². The highest BCUT2D eigenvalue weighted by Crippen LogP contribution is 2.30. The molecule has 5 nitrogen and oxygen atoms in total. The standard InChI is InChI=1S/C19H12F3N5/c20-19(21,22)13-5-7-17(24-10-13)27-18-14-6-4-12(9-16(14)25-11-26-18)15-3-1-2-8-23-15/h1-11H,(H,24,25,26,27). The van der Waals surface area contributed by atoms with Gasteiger partial charge in [0.15, 0.2) is 0 Å². The van der Waals surface area contributed by atoms with Crippen LogP contribution < -0.4 is 5.32 Å². The van der Waals surface area contributed by atoms with Crippen LogP contribution in [0.4, 0.5) is 24.8 Å². The molecule has 27 heavy (non-hydrogen) atoms. The molecule has 1 aromatic carbocycles. The number of rotatable bonds is 3. The summed E-state index contributed by atoms with van der Waals surface area (Å²) in [5.41, 5.74) is 1.60. The molecule has 0 saturated heterocycles. The van der Waals surface area contributed by atoms with Crippen molar-refractivity contribution < 1.29 is 13.2 Å². The largest absolute Gasteiger partial charge is 0.417 e. The third-order valence-electron chi connectivity index (χ3n) is 3.93. The van der Waals surface area contributed by atoms with Crippen LogP contribution in [0.15, 0.2) is 67.3 Å². The molecule has 0 saturated carbocycles. The van der Waals surface area contributed by atoms with Crippen molar-refractivity contribution in [3.8, 4) is 11.3 Å². The molecule has 0 amide bonds. The van der Waals surface area contributed by atoms with Crippen LogP contribution in [0.1, 0.15) is 5.56 Å². The van der Waals surface area contributed by atoms with Gasteiger partial charge in [0, 0.05) is 23.3 Å². The Hall–Kier alpha value is -3.55.